The molecule has 0 aromatic carbocycles. The maximum absolute atomic E-state index is 4.55. The molecule has 0 bridgehead atoms. The van der Waals surface area contributed by atoms with E-state index in [0.717, 1.165) is 25.6 Å². The second-order valence-corrected chi connectivity index (χ2v) is 7.61. The Hall–Kier alpha value is -1.56. The molecule has 1 saturated carbocycles. The highest BCUT2D eigenvalue weighted by atomic mass is 15.3. The molecule has 6 heteroatoms. The van der Waals surface area contributed by atoms with E-state index < -0.39 is 0 Å². The molecule has 3 rings (SSSR count). The molecule has 6 nitrogen and oxygen atoms in total. The third-order valence-corrected chi connectivity index (χ3v) is 5.95. The van der Waals surface area contributed by atoms with Gasteiger partial charge in [0.15, 0.2) is 5.96 Å². The molecule has 2 aliphatic rings. The Morgan fingerprint density at radius 2 is 2.17 bits per heavy atom. The number of rotatable bonds is 4. The van der Waals surface area contributed by atoms with Gasteiger partial charge in [-0.25, -0.2) is 0 Å². The van der Waals surface area contributed by atoms with Gasteiger partial charge in [0.05, 0.1) is 6.20 Å². The Bertz CT molecular complexity index is 570. The molecule has 0 radical (unpaired) electrons. The van der Waals surface area contributed by atoms with Crippen molar-refractivity contribution in [1.82, 2.24) is 24.9 Å². The quantitative estimate of drug-likeness (QED) is 0.673. The lowest BCUT2D eigenvalue weighted by atomic mass is 9.96. The molecule has 1 unspecified atom stereocenters. The number of nitrogens with zero attached hydrogens (tertiary/aromatic N) is 5. The summed E-state index contributed by atoms with van der Waals surface area (Å²) < 4.78 is 1.89. The van der Waals surface area contributed by atoms with E-state index in [2.05, 4.69) is 45.5 Å². The molecule has 0 amide bonds. The van der Waals surface area contributed by atoms with Crippen molar-refractivity contribution in [3.8, 4) is 0 Å². The van der Waals surface area contributed by atoms with Crippen LogP contribution in [0.5, 0.6) is 0 Å². The van der Waals surface area contributed by atoms with Crippen LogP contribution >= 0.6 is 0 Å². The van der Waals surface area contributed by atoms with Gasteiger partial charge in [0, 0.05) is 51.4 Å². The first-order valence-electron chi connectivity index (χ1n) is 9.16. The summed E-state index contributed by atoms with van der Waals surface area (Å²) in [5, 5.41) is 7.98. The number of likely N-dealkylation sites (N-methyl/N-ethyl adjacent to an activating group) is 1. The highest BCUT2D eigenvalue weighted by Crippen LogP contribution is 2.33. The summed E-state index contributed by atoms with van der Waals surface area (Å²) >= 11 is 0. The zero-order chi connectivity index (χ0) is 17.2. The maximum Gasteiger partial charge on any atom is 0.193 e. The molecule has 0 spiro atoms. The second kappa shape index (κ2) is 7.13. The number of hydrogen-bond donors (Lipinski definition) is 1. The van der Waals surface area contributed by atoms with Gasteiger partial charge in [0.25, 0.3) is 0 Å². The van der Waals surface area contributed by atoms with Crippen LogP contribution in [-0.4, -0.2) is 71.9 Å². The summed E-state index contributed by atoms with van der Waals surface area (Å²) in [6.45, 7) is 3.08. The minimum Gasteiger partial charge on any atom is -0.354 e. The van der Waals surface area contributed by atoms with Crippen LogP contribution in [0, 0.1) is 0 Å². The van der Waals surface area contributed by atoms with Crippen molar-refractivity contribution in [2.24, 2.45) is 12.0 Å². The molecule has 1 aromatic rings. The van der Waals surface area contributed by atoms with E-state index in [-0.39, 0.29) is 0 Å². The maximum atomic E-state index is 4.55. The lowest BCUT2D eigenvalue weighted by molar-refractivity contribution is 0.159. The first kappa shape index (κ1) is 17.3. The molecule has 1 atom stereocenters. The lowest BCUT2D eigenvalue weighted by Gasteiger charge is -2.37. The number of hydrogen-bond acceptors (Lipinski definition) is 3. The fourth-order valence-corrected chi connectivity index (χ4v) is 4.27. The number of aliphatic imine (C=N–C) groups is 1. The van der Waals surface area contributed by atoms with E-state index in [1.165, 1.54) is 37.7 Å². The molecular formula is C18H32N6. The molecule has 24 heavy (non-hydrogen) atoms. The van der Waals surface area contributed by atoms with E-state index in [1.54, 1.807) is 0 Å². The van der Waals surface area contributed by atoms with Crippen LogP contribution in [0.3, 0.4) is 0 Å². The molecule has 1 saturated heterocycles. The second-order valence-electron chi connectivity index (χ2n) is 7.61. The molecule has 2 heterocycles. The number of aryl methyl sites for hydroxylation is 1. The average Bonchev–Trinajstić information content (AvgIpc) is 3.28. The molecule has 2 fully saturated rings. The highest BCUT2D eigenvalue weighted by Gasteiger charge is 2.36. The van der Waals surface area contributed by atoms with Crippen molar-refractivity contribution in [3.05, 3.63) is 18.0 Å². The lowest BCUT2D eigenvalue weighted by Crippen LogP contribution is -2.53. The SMILES string of the molecule is CN=C(NCC1(N(C)C)CCCC1)N1CCC(c2cnn(C)c2)C1. The summed E-state index contributed by atoms with van der Waals surface area (Å²) in [5.74, 6) is 1.61. The fraction of sp³-hybridized carbons (Fsp3) is 0.778. The zero-order valence-electron chi connectivity index (χ0n) is 15.6. The first-order chi connectivity index (χ1) is 11.5. The number of guanidine groups is 1. The van der Waals surface area contributed by atoms with E-state index in [0.29, 0.717) is 11.5 Å². The molecule has 1 aliphatic carbocycles. The van der Waals surface area contributed by atoms with Crippen molar-refractivity contribution in [1.29, 1.82) is 0 Å². The Morgan fingerprint density at radius 3 is 2.75 bits per heavy atom. The highest BCUT2D eigenvalue weighted by molar-refractivity contribution is 5.80. The van der Waals surface area contributed by atoms with Crippen LogP contribution in [0.2, 0.25) is 0 Å². The Balaban J connectivity index is 1.59. The summed E-state index contributed by atoms with van der Waals surface area (Å²) in [5.41, 5.74) is 1.63. The molecular weight excluding hydrogens is 300 g/mol. The Kier molecular flexibility index (Phi) is 5.13. The number of nitrogens with one attached hydrogen (secondary N) is 1. The van der Waals surface area contributed by atoms with Gasteiger partial charge in [-0.05, 0) is 38.9 Å². The van der Waals surface area contributed by atoms with Gasteiger partial charge in [0.1, 0.15) is 0 Å². The third kappa shape index (κ3) is 3.43. The minimum atomic E-state index is 0.290. The van der Waals surface area contributed by atoms with Crippen molar-refractivity contribution in [2.45, 2.75) is 43.6 Å². The largest absolute Gasteiger partial charge is 0.354 e. The van der Waals surface area contributed by atoms with Gasteiger partial charge in [-0.1, -0.05) is 12.8 Å². The molecule has 1 aliphatic heterocycles. The predicted molar refractivity (Wildman–Crippen MR) is 98.4 cm³/mol. The normalized spacial score (nSPS) is 24.1. The van der Waals surface area contributed by atoms with Gasteiger partial charge < -0.3 is 15.1 Å². The van der Waals surface area contributed by atoms with E-state index in [4.69, 9.17) is 0 Å². The summed E-state index contributed by atoms with van der Waals surface area (Å²) in [6.07, 6.45) is 10.6. The monoisotopic (exact) mass is 332 g/mol. The van der Waals surface area contributed by atoms with Gasteiger partial charge >= 0.3 is 0 Å². The molecule has 1 aromatic heterocycles. The van der Waals surface area contributed by atoms with Crippen molar-refractivity contribution >= 4 is 5.96 Å². The topological polar surface area (TPSA) is 48.7 Å². The zero-order valence-corrected chi connectivity index (χ0v) is 15.6. The number of aromatic nitrogens is 2. The van der Waals surface area contributed by atoms with Crippen LogP contribution < -0.4 is 5.32 Å². The van der Waals surface area contributed by atoms with E-state index in [9.17, 15) is 0 Å². The predicted octanol–water partition coefficient (Wildman–Crippen LogP) is 1.66. The van der Waals surface area contributed by atoms with Crippen LogP contribution in [0.4, 0.5) is 0 Å². The standard InChI is InChI=1S/C18H32N6/c1-19-17(20-14-18(22(2)3)8-5-6-9-18)24-10-7-15(13-24)16-11-21-23(4)12-16/h11-12,15H,5-10,13-14H2,1-4H3,(H,19,20). The summed E-state index contributed by atoms with van der Waals surface area (Å²) in [4.78, 5) is 9.35. The van der Waals surface area contributed by atoms with Gasteiger partial charge in [0.2, 0.25) is 0 Å². The van der Waals surface area contributed by atoms with E-state index in [1.807, 2.05) is 25.0 Å². The van der Waals surface area contributed by atoms with Crippen LogP contribution in [-0.2, 0) is 7.05 Å². The Morgan fingerprint density at radius 1 is 1.42 bits per heavy atom. The third-order valence-electron chi connectivity index (χ3n) is 5.95. The minimum absolute atomic E-state index is 0.290. The van der Waals surface area contributed by atoms with Crippen LogP contribution in [0.25, 0.3) is 0 Å². The molecule has 1 N–H and O–H groups in total. The first-order valence-corrected chi connectivity index (χ1v) is 9.16. The van der Waals surface area contributed by atoms with Crippen LogP contribution in [0.1, 0.15) is 43.6 Å². The Labute approximate surface area is 145 Å². The average molecular weight is 332 g/mol. The fourth-order valence-electron chi connectivity index (χ4n) is 4.27. The van der Waals surface area contributed by atoms with Crippen molar-refractivity contribution in [3.63, 3.8) is 0 Å². The van der Waals surface area contributed by atoms with Gasteiger partial charge in [-0.15, -0.1) is 0 Å². The van der Waals surface area contributed by atoms with Gasteiger partial charge in [-0.2, -0.15) is 5.10 Å². The summed E-state index contributed by atoms with van der Waals surface area (Å²) in [6, 6.07) is 0. The summed E-state index contributed by atoms with van der Waals surface area (Å²) in [7, 11) is 8.31. The molecule has 134 valence electrons. The van der Waals surface area contributed by atoms with Crippen molar-refractivity contribution < 1.29 is 0 Å². The van der Waals surface area contributed by atoms with E-state index >= 15 is 0 Å². The van der Waals surface area contributed by atoms with Crippen molar-refractivity contribution in [2.75, 3.05) is 40.8 Å². The number of likely N-dealkylation sites (tertiary alicyclic amines) is 1. The van der Waals surface area contributed by atoms with Crippen LogP contribution in [0.15, 0.2) is 17.4 Å². The van der Waals surface area contributed by atoms with Gasteiger partial charge in [-0.3, -0.25) is 9.67 Å². The smallest absolute Gasteiger partial charge is 0.193 e.